The lowest BCUT2D eigenvalue weighted by atomic mass is 10.2. The zero-order valence-corrected chi connectivity index (χ0v) is 17.8. The van der Waals surface area contributed by atoms with Gasteiger partial charge < -0.3 is 9.15 Å². The minimum absolute atomic E-state index is 0.0622. The first-order valence-electron chi connectivity index (χ1n) is 9.87. The van der Waals surface area contributed by atoms with Gasteiger partial charge in [-0.15, -0.1) is 5.10 Å². The largest absolute Gasteiger partial charge is 0.497 e. The van der Waals surface area contributed by atoms with Crippen LogP contribution in [-0.2, 0) is 10.0 Å². The van der Waals surface area contributed by atoms with Crippen molar-refractivity contribution in [2.75, 3.05) is 25.5 Å². The van der Waals surface area contributed by atoms with Gasteiger partial charge in [0.1, 0.15) is 5.75 Å². The molecule has 3 aromatic rings. The Bertz CT molecular complexity index is 1170. The number of nitrogens with one attached hydrogen (secondary N) is 1. The summed E-state index contributed by atoms with van der Waals surface area (Å²) < 4.78 is 37.6. The lowest BCUT2D eigenvalue weighted by molar-refractivity contribution is 0.102. The van der Waals surface area contributed by atoms with Crippen molar-refractivity contribution in [3.05, 3.63) is 54.1 Å². The Balaban J connectivity index is 1.45. The predicted molar refractivity (Wildman–Crippen MR) is 113 cm³/mol. The van der Waals surface area contributed by atoms with Gasteiger partial charge in [-0.25, -0.2) is 8.42 Å². The lowest BCUT2D eigenvalue weighted by Crippen LogP contribution is -2.35. The van der Waals surface area contributed by atoms with E-state index in [0.29, 0.717) is 24.4 Å². The number of aromatic nitrogens is 2. The van der Waals surface area contributed by atoms with Crippen molar-refractivity contribution in [1.29, 1.82) is 0 Å². The summed E-state index contributed by atoms with van der Waals surface area (Å²) in [6.07, 6.45) is 2.77. The summed E-state index contributed by atoms with van der Waals surface area (Å²) in [7, 11) is -1.99. The van der Waals surface area contributed by atoms with Crippen LogP contribution >= 0.6 is 0 Å². The van der Waals surface area contributed by atoms with Crippen LogP contribution in [-0.4, -0.2) is 49.0 Å². The third kappa shape index (κ3) is 4.59. The number of hydrogen-bond acceptors (Lipinski definition) is 7. The van der Waals surface area contributed by atoms with Crippen LogP contribution in [0.4, 0.5) is 6.01 Å². The fourth-order valence-corrected chi connectivity index (χ4v) is 4.87. The number of piperidine rings is 1. The van der Waals surface area contributed by atoms with E-state index in [1.165, 1.54) is 28.6 Å². The Labute approximate surface area is 180 Å². The van der Waals surface area contributed by atoms with Crippen LogP contribution < -0.4 is 10.1 Å². The van der Waals surface area contributed by atoms with Gasteiger partial charge in [0.25, 0.3) is 5.91 Å². The van der Waals surface area contributed by atoms with Crippen LogP contribution in [0.25, 0.3) is 11.5 Å². The molecule has 0 atom stereocenters. The molecule has 1 N–H and O–H groups in total. The molecular weight excluding hydrogens is 420 g/mol. The van der Waals surface area contributed by atoms with E-state index in [2.05, 4.69) is 15.5 Å². The Kier molecular flexibility index (Phi) is 6.01. The van der Waals surface area contributed by atoms with Gasteiger partial charge in [0.15, 0.2) is 0 Å². The Morgan fingerprint density at radius 3 is 2.52 bits per heavy atom. The molecule has 0 bridgehead atoms. The maximum absolute atomic E-state index is 12.7. The average molecular weight is 442 g/mol. The minimum Gasteiger partial charge on any atom is -0.497 e. The smallest absolute Gasteiger partial charge is 0.322 e. The van der Waals surface area contributed by atoms with Crippen molar-refractivity contribution in [3.8, 4) is 17.2 Å². The highest BCUT2D eigenvalue weighted by atomic mass is 32.2. The monoisotopic (exact) mass is 442 g/mol. The van der Waals surface area contributed by atoms with Crippen LogP contribution in [0.5, 0.6) is 5.75 Å². The second kappa shape index (κ2) is 8.86. The summed E-state index contributed by atoms with van der Waals surface area (Å²) in [5.41, 5.74) is 0.929. The van der Waals surface area contributed by atoms with Crippen LogP contribution in [0.2, 0.25) is 0 Å². The van der Waals surface area contributed by atoms with E-state index in [-0.39, 0.29) is 22.4 Å². The van der Waals surface area contributed by atoms with Crippen LogP contribution in [0, 0.1) is 0 Å². The maximum Gasteiger partial charge on any atom is 0.322 e. The molecule has 2 aromatic carbocycles. The minimum atomic E-state index is -3.55. The number of carbonyl (C=O) groups is 1. The topological polar surface area (TPSA) is 115 Å². The molecule has 10 heteroatoms. The fraction of sp³-hybridized carbons (Fsp3) is 0.286. The highest BCUT2D eigenvalue weighted by molar-refractivity contribution is 7.89. The second-order valence-electron chi connectivity index (χ2n) is 7.09. The number of benzene rings is 2. The number of rotatable bonds is 6. The van der Waals surface area contributed by atoms with Gasteiger partial charge in [0, 0.05) is 24.2 Å². The molecule has 1 aliphatic rings. The molecule has 0 aliphatic carbocycles. The molecule has 1 aromatic heterocycles. The van der Waals surface area contributed by atoms with Gasteiger partial charge in [0.05, 0.1) is 12.0 Å². The molecule has 31 heavy (non-hydrogen) atoms. The van der Waals surface area contributed by atoms with E-state index >= 15 is 0 Å². The van der Waals surface area contributed by atoms with Crippen molar-refractivity contribution in [2.24, 2.45) is 0 Å². The molecule has 1 amide bonds. The number of nitrogens with zero attached hydrogens (tertiary/aromatic N) is 3. The zero-order chi connectivity index (χ0) is 21.8. The van der Waals surface area contributed by atoms with Gasteiger partial charge in [-0.05, 0) is 55.3 Å². The molecule has 1 saturated heterocycles. The van der Waals surface area contributed by atoms with Gasteiger partial charge in [-0.2, -0.15) is 4.31 Å². The Morgan fingerprint density at radius 1 is 1.06 bits per heavy atom. The summed E-state index contributed by atoms with van der Waals surface area (Å²) >= 11 is 0. The van der Waals surface area contributed by atoms with Crippen LogP contribution in [0.3, 0.4) is 0 Å². The molecule has 4 rings (SSSR count). The first-order chi connectivity index (χ1) is 15.0. The highest BCUT2D eigenvalue weighted by Crippen LogP contribution is 2.24. The average Bonchev–Trinajstić information content (AvgIpc) is 3.28. The van der Waals surface area contributed by atoms with E-state index in [1.54, 1.807) is 31.4 Å². The standard InChI is InChI=1S/C21H22N4O5S/c1-29-17-7-5-6-16(14-17)20-23-24-21(30-20)22-19(26)15-8-10-18(11-9-15)31(27,28)25-12-3-2-4-13-25/h5-11,14H,2-4,12-13H2,1H3,(H,22,24,26). The zero-order valence-electron chi connectivity index (χ0n) is 16.9. The lowest BCUT2D eigenvalue weighted by Gasteiger charge is -2.25. The molecule has 0 radical (unpaired) electrons. The van der Waals surface area contributed by atoms with Crippen LogP contribution in [0.15, 0.2) is 57.8 Å². The highest BCUT2D eigenvalue weighted by Gasteiger charge is 2.26. The van der Waals surface area contributed by atoms with E-state index in [1.807, 2.05) is 0 Å². The van der Waals surface area contributed by atoms with Gasteiger partial charge in [0.2, 0.25) is 15.9 Å². The summed E-state index contributed by atoms with van der Waals surface area (Å²) in [6, 6.07) is 12.8. The molecule has 1 fully saturated rings. The SMILES string of the molecule is COc1cccc(-c2nnc(NC(=O)c3ccc(S(=O)(=O)N4CCCCC4)cc3)o2)c1. The summed E-state index contributed by atoms with van der Waals surface area (Å²) in [5.74, 6) is 0.390. The van der Waals surface area contributed by atoms with Gasteiger partial charge in [-0.1, -0.05) is 17.6 Å². The number of amides is 1. The van der Waals surface area contributed by atoms with Crippen molar-refractivity contribution in [1.82, 2.24) is 14.5 Å². The number of methoxy groups -OCH3 is 1. The number of sulfonamides is 1. The van der Waals surface area contributed by atoms with Gasteiger partial charge >= 0.3 is 6.01 Å². The second-order valence-corrected chi connectivity index (χ2v) is 9.03. The summed E-state index contributed by atoms with van der Waals surface area (Å²) in [6.45, 7) is 1.05. The molecule has 1 aliphatic heterocycles. The molecule has 2 heterocycles. The van der Waals surface area contributed by atoms with Crippen molar-refractivity contribution in [3.63, 3.8) is 0 Å². The maximum atomic E-state index is 12.7. The first-order valence-corrected chi connectivity index (χ1v) is 11.3. The summed E-state index contributed by atoms with van der Waals surface area (Å²) in [5, 5.41) is 10.3. The molecule has 0 saturated carbocycles. The third-order valence-corrected chi connectivity index (χ3v) is 6.94. The molecule has 9 nitrogen and oxygen atoms in total. The van der Waals surface area contributed by atoms with Crippen molar-refractivity contribution in [2.45, 2.75) is 24.2 Å². The van der Waals surface area contributed by atoms with E-state index in [0.717, 1.165) is 19.3 Å². The normalized spacial score (nSPS) is 14.9. The number of ether oxygens (including phenoxy) is 1. The Morgan fingerprint density at radius 2 is 1.81 bits per heavy atom. The van der Waals surface area contributed by atoms with E-state index in [4.69, 9.17) is 9.15 Å². The number of anilines is 1. The predicted octanol–water partition coefficient (Wildman–Crippen LogP) is 3.17. The fourth-order valence-electron chi connectivity index (χ4n) is 3.35. The van der Waals surface area contributed by atoms with E-state index in [9.17, 15) is 13.2 Å². The molecule has 0 spiro atoms. The third-order valence-electron chi connectivity index (χ3n) is 5.03. The number of hydrogen-bond donors (Lipinski definition) is 1. The Hall–Kier alpha value is -3.24. The van der Waals surface area contributed by atoms with Crippen molar-refractivity contribution < 1.29 is 22.4 Å². The number of carbonyl (C=O) groups excluding carboxylic acids is 1. The van der Waals surface area contributed by atoms with Crippen molar-refractivity contribution >= 4 is 21.9 Å². The first kappa shape index (κ1) is 21.0. The molecule has 0 unspecified atom stereocenters. The van der Waals surface area contributed by atoms with Gasteiger partial charge in [-0.3, -0.25) is 10.1 Å². The van der Waals surface area contributed by atoms with Crippen LogP contribution in [0.1, 0.15) is 29.6 Å². The van der Waals surface area contributed by atoms with E-state index < -0.39 is 15.9 Å². The quantitative estimate of drug-likeness (QED) is 0.623. The molecular formula is C21H22N4O5S. The molecule has 162 valence electrons. The summed E-state index contributed by atoms with van der Waals surface area (Å²) in [4.78, 5) is 12.7.